The van der Waals surface area contributed by atoms with E-state index in [1.165, 1.54) is 19.3 Å². The van der Waals surface area contributed by atoms with Crippen molar-refractivity contribution in [1.29, 1.82) is 0 Å². The first-order valence-corrected chi connectivity index (χ1v) is 13.3. The minimum atomic E-state index is -0.240. The molecule has 1 fully saturated rings. The number of rotatable bonds is 11. The Morgan fingerprint density at radius 2 is 1.38 bits per heavy atom. The van der Waals surface area contributed by atoms with Crippen LogP contribution in [-0.4, -0.2) is 72.7 Å². The van der Waals surface area contributed by atoms with Crippen molar-refractivity contribution in [3.8, 4) is 28.7 Å². The summed E-state index contributed by atoms with van der Waals surface area (Å²) < 4.78 is 33.5. The first kappa shape index (κ1) is 28.4. The van der Waals surface area contributed by atoms with Crippen molar-refractivity contribution in [2.75, 3.05) is 61.8 Å². The molecule has 0 unspecified atom stereocenters. The zero-order valence-electron chi connectivity index (χ0n) is 23.8. The summed E-state index contributed by atoms with van der Waals surface area (Å²) in [6.45, 7) is 5.35. The van der Waals surface area contributed by atoms with Gasteiger partial charge >= 0.3 is 5.97 Å². The molecule has 0 aromatic heterocycles. The van der Waals surface area contributed by atoms with Crippen LogP contribution in [-0.2, 0) is 9.53 Å². The third kappa shape index (κ3) is 6.17. The van der Waals surface area contributed by atoms with Crippen LogP contribution >= 0.6 is 0 Å². The molecule has 0 spiro atoms. The van der Waals surface area contributed by atoms with Crippen LogP contribution in [0.15, 0.2) is 29.8 Å². The summed E-state index contributed by atoms with van der Waals surface area (Å²) >= 11 is 0. The maximum Gasteiger partial charge on any atom is 0.310 e. The first-order valence-electron chi connectivity index (χ1n) is 13.3. The van der Waals surface area contributed by atoms with Crippen LogP contribution in [0.4, 0.5) is 0 Å². The van der Waals surface area contributed by atoms with Crippen molar-refractivity contribution in [1.82, 2.24) is 4.90 Å². The minimum absolute atomic E-state index is 0.168. The number of nitrogens with zero attached hydrogens (tertiary/aromatic N) is 1. The van der Waals surface area contributed by atoms with Crippen LogP contribution in [0.2, 0.25) is 0 Å². The van der Waals surface area contributed by atoms with Gasteiger partial charge in [-0.1, -0.05) is 6.42 Å². The lowest BCUT2D eigenvalue weighted by atomic mass is 9.99. The Morgan fingerprint density at radius 3 is 1.95 bits per heavy atom. The van der Waals surface area contributed by atoms with Crippen LogP contribution in [0.1, 0.15) is 49.3 Å². The van der Waals surface area contributed by atoms with Crippen molar-refractivity contribution in [3.63, 3.8) is 0 Å². The van der Waals surface area contributed by atoms with E-state index in [0.29, 0.717) is 35.4 Å². The maximum absolute atomic E-state index is 13.0. The number of benzene rings is 2. The van der Waals surface area contributed by atoms with Gasteiger partial charge in [-0.15, -0.1) is 0 Å². The van der Waals surface area contributed by atoms with Crippen LogP contribution in [0.25, 0.3) is 17.2 Å². The summed E-state index contributed by atoms with van der Waals surface area (Å²) in [6, 6.07) is 7.68. The summed E-state index contributed by atoms with van der Waals surface area (Å²) in [5, 5.41) is 0. The minimum Gasteiger partial charge on any atom is -0.493 e. The normalized spacial score (nSPS) is 16.2. The highest BCUT2D eigenvalue weighted by Crippen LogP contribution is 2.48. The first-order chi connectivity index (χ1) is 18.9. The van der Waals surface area contributed by atoms with E-state index in [9.17, 15) is 4.79 Å². The van der Waals surface area contributed by atoms with E-state index >= 15 is 0 Å². The molecule has 0 radical (unpaired) electrons. The lowest BCUT2D eigenvalue weighted by molar-refractivity contribution is -0.142. The number of hydrogen-bond acceptors (Lipinski definition) is 8. The van der Waals surface area contributed by atoms with Gasteiger partial charge < -0.3 is 28.4 Å². The molecule has 8 nitrogen and oxygen atoms in total. The Balaban J connectivity index is 1.68. The maximum atomic E-state index is 13.0. The average Bonchev–Trinajstić information content (AvgIpc) is 3.21. The largest absolute Gasteiger partial charge is 0.493 e. The molecule has 0 N–H and O–H groups in total. The standard InChI is InChI=1S/C31H39NO7/c1-20-22(14-21-15-28(36-4)31(38-6)29(16-21)37-5)24-17-26(34-2)27(35-3)18-25(24)23(20)19-30(33)39-13-12-32-10-8-7-9-11-32/h14-18H,7-13,19H2,1-6H3/b22-14-. The highest BCUT2D eigenvalue weighted by molar-refractivity contribution is 6.08. The van der Waals surface area contributed by atoms with Gasteiger partial charge in [-0.05, 0) is 96.6 Å². The Labute approximate surface area is 231 Å². The Bertz CT molecular complexity index is 1230. The highest BCUT2D eigenvalue weighted by Gasteiger charge is 2.28. The molecule has 1 heterocycles. The molecule has 1 aliphatic carbocycles. The number of piperidine rings is 1. The summed E-state index contributed by atoms with van der Waals surface area (Å²) in [5.41, 5.74) is 5.61. The van der Waals surface area contributed by atoms with Crippen molar-refractivity contribution in [2.45, 2.75) is 32.6 Å². The van der Waals surface area contributed by atoms with Gasteiger partial charge in [0.05, 0.1) is 42.0 Å². The number of carbonyl (C=O) groups excluding carboxylic acids is 1. The fourth-order valence-corrected chi connectivity index (χ4v) is 5.35. The number of allylic oxidation sites excluding steroid dienone is 2. The van der Waals surface area contributed by atoms with Crippen molar-refractivity contribution < 1.29 is 33.2 Å². The molecule has 2 aromatic rings. The molecular weight excluding hydrogens is 498 g/mol. The third-order valence-corrected chi connectivity index (χ3v) is 7.43. The fraction of sp³-hybridized carbons (Fsp3) is 0.452. The monoisotopic (exact) mass is 537 g/mol. The molecule has 0 bridgehead atoms. The molecule has 8 heteroatoms. The van der Waals surface area contributed by atoms with E-state index < -0.39 is 0 Å². The molecular formula is C31H39NO7. The van der Waals surface area contributed by atoms with Gasteiger partial charge in [-0.2, -0.15) is 0 Å². The van der Waals surface area contributed by atoms with E-state index in [1.807, 2.05) is 31.2 Å². The Morgan fingerprint density at radius 1 is 0.795 bits per heavy atom. The van der Waals surface area contributed by atoms with Gasteiger partial charge in [0.2, 0.25) is 5.75 Å². The number of ether oxygens (including phenoxy) is 6. The lowest BCUT2D eigenvalue weighted by Crippen LogP contribution is -2.33. The molecule has 0 saturated carbocycles. The zero-order chi connectivity index (χ0) is 27.9. The van der Waals surface area contributed by atoms with Gasteiger partial charge in [-0.25, -0.2) is 0 Å². The number of hydrogen-bond donors (Lipinski definition) is 0. The summed E-state index contributed by atoms with van der Waals surface area (Å²) in [5.74, 6) is 2.64. The van der Waals surface area contributed by atoms with Gasteiger partial charge in [0.25, 0.3) is 0 Å². The van der Waals surface area contributed by atoms with Crippen LogP contribution in [0.3, 0.4) is 0 Å². The smallest absolute Gasteiger partial charge is 0.310 e. The molecule has 0 atom stereocenters. The van der Waals surface area contributed by atoms with Crippen LogP contribution in [0, 0.1) is 0 Å². The average molecular weight is 538 g/mol. The second-order valence-corrected chi connectivity index (χ2v) is 9.67. The number of esters is 1. The van der Waals surface area contributed by atoms with Gasteiger partial charge in [0.1, 0.15) is 6.61 Å². The summed E-state index contributed by atoms with van der Waals surface area (Å²) in [4.78, 5) is 15.3. The number of likely N-dealkylation sites (tertiary alicyclic amines) is 1. The van der Waals surface area contributed by atoms with Gasteiger partial charge in [0, 0.05) is 6.54 Å². The quantitative estimate of drug-likeness (QED) is 0.349. The summed E-state index contributed by atoms with van der Waals surface area (Å²) in [6.07, 6.45) is 5.93. The van der Waals surface area contributed by atoms with E-state index in [2.05, 4.69) is 11.0 Å². The van der Waals surface area contributed by atoms with E-state index in [-0.39, 0.29) is 12.4 Å². The number of methoxy groups -OCH3 is 5. The molecule has 2 aliphatic rings. The predicted molar refractivity (Wildman–Crippen MR) is 152 cm³/mol. The lowest BCUT2D eigenvalue weighted by Gasteiger charge is -2.25. The number of carbonyl (C=O) groups is 1. The Kier molecular flexibility index (Phi) is 9.41. The van der Waals surface area contributed by atoms with Crippen LogP contribution < -0.4 is 23.7 Å². The van der Waals surface area contributed by atoms with Crippen molar-refractivity contribution >= 4 is 23.2 Å². The second kappa shape index (κ2) is 12.9. The molecule has 39 heavy (non-hydrogen) atoms. The molecule has 2 aromatic carbocycles. The SMILES string of the molecule is COc1cc2c(cc1OC)/C(=C\c1cc(OC)c(OC)c(OC)c1)C(C)=C2CC(=O)OCCN1CCCCC1. The van der Waals surface area contributed by atoms with E-state index in [1.54, 1.807) is 35.5 Å². The van der Waals surface area contributed by atoms with Gasteiger partial charge in [0.15, 0.2) is 23.0 Å². The molecule has 1 saturated heterocycles. The molecule has 210 valence electrons. The second-order valence-electron chi connectivity index (χ2n) is 9.67. The van der Waals surface area contributed by atoms with E-state index in [4.69, 9.17) is 28.4 Å². The fourth-order valence-electron chi connectivity index (χ4n) is 5.35. The van der Waals surface area contributed by atoms with Crippen LogP contribution in [0.5, 0.6) is 28.7 Å². The van der Waals surface area contributed by atoms with Gasteiger partial charge in [-0.3, -0.25) is 9.69 Å². The van der Waals surface area contributed by atoms with Crippen molar-refractivity contribution in [2.24, 2.45) is 0 Å². The zero-order valence-corrected chi connectivity index (χ0v) is 23.8. The summed E-state index contributed by atoms with van der Waals surface area (Å²) in [7, 11) is 7.99. The molecule has 4 rings (SSSR count). The topological polar surface area (TPSA) is 75.7 Å². The molecule has 1 aliphatic heterocycles. The number of fused-ring (bicyclic) bond motifs is 1. The highest BCUT2D eigenvalue weighted by atomic mass is 16.5. The molecule has 0 amide bonds. The van der Waals surface area contributed by atoms with E-state index in [0.717, 1.165) is 53.0 Å². The Hall–Kier alpha value is -3.65. The third-order valence-electron chi connectivity index (χ3n) is 7.43. The van der Waals surface area contributed by atoms with Crippen molar-refractivity contribution in [3.05, 3.63) is 46.5 Å². The predicted octanol–water partition coefficient (Wildman–Crippen LogP) is 5.48.